The summed E-state index contributed by atoms with van der Waals surface area (Å²) in [6.45, 7) is 1.96. The molecule has 1 saturated carbocycles. The molecule has 0 radical (unpaired) electrons. The van der Waals surface area contributed by atoms with Crippen molar-refractivity contribution >= 4 is 46.3 Å². The van der Waals surface area contributed by atoms with Crippen molar-refractivity contribution in [1.29, 1.82) is 0 Å². The van der Waals surface area contributed by atoms with Crippen LogP contribution < -0.4 is 5.32 Å². The molecular formula is C19H19ClN4OS2. The molecule has 4 rings (SSSR count). The number of carbonyl (C=O) groups excluding carboxylic acids is 1. The molecule has 5 nitrogen and oxygen atoms in total. The lowest BCUT2D eigenvalue weighted by Gasteiger charge is -2.09. The molecule has 1 amide bonds. The fraction of sp³-hybridized carbons (Fsp3) is 0.316. The van der Waals surface area contributed by atoms with E-state index in [4.69, 9.17) is 11.6 Å². The highest BCUT2D eigenvalue weighted by atomic mass is 35.5. The molecule has 2 heterocycles. The van der Waals surface area contributed by atoms with E-state index in [1.54, 1.807) is 11.3 Å². The van der Waals surface area contributed by atoms with Gasteiger partial charge >= 0.3 is 0 Å². The third-order valence-electron chi connectivity index (χ3n) is 4.29. The number of carbonyl (C=O) groups is 1. The van der Waals surface area contributed by atoms with Crippen molar-refractivity contribution in [1.82, 2.24) is 14.8 Å². The first kappa shape index (κ1) is 18.5. The lowest BCUT2D eigenvalue weighted by atomic mass is 10.2. The molecule has 1 fully saturated rings. The van der Waals surface area contributed by atoms with Crippen molar-refractivity contribution < 1.29 is 4.79 Å². The van der Waals surface area contributed by atoms with Gasteiger partial charge < -0.3 is 9.88 Å². The lowest BCUT2D eigenvalue weighted by molar-refractivity contribution is -0.113. The number of hydrogen-bond acceptors (Lipinski definition) is 5. The molecule has 0 saturated heterocycles. The third kappa shape index (κ3) is 4.54. The number of benzene rings is 1. The number of aromatic nitrogens is 3. The number of nitrogens with one attached hydrogen (secondary N) is 1. The normalized spacial score (nSPS) is 13.7. The lowest BCUT2D eigenvalue weighted by Crippen LogP contribution is -2.15. The van der Waals surface area contributed by atoms with Gasteiger partial charge in [-0.15, -0.1) is 21.5 Å². The predicted octanol–water partition coefficient (Wildman–Crippen LogP) is 4.96. The molecule has 1 aliphatic rings. The maximum absolute atomic E-state index is 12.3. The number of thiophene rings is 1. The summed E-state index contributed by atoms with van der Waals surface area (Å²) in [6, 6.07) is 10.2. The van der Waals surface area contributed by atoms with Gasteiger partial charge in [0, 0.05) is 17.3 Å². The highest BCUT2D eigenvalue weighted by Crippen LogP contribution is 2.39. The molecule has 0 aliphatic heterocycles. The third-order valence-corrected chi connectivity index (χ3v) is 6.42. The predicted molar refractivity (Wildman–Crippen MR) is 111 cm³/mol. The Kier molecular flexibility index (Phi) is 5.52. The van der Waals surface area contributed by atoms with E-state index in [0.717, 1.165) is 35.8 Å². The molecular weight excluding hydrogens is 400 g/mol. The van der Waals surface area contributed by atoms with Crippen LogP contribution in [0.3, 0.4) is 0 Å². The minimum absolute atomic E-state index is 0.101. The van der Waals surface area contributed by atoms with Gasteiger partial charge in [0.15, 0.2) is 5.16 Å². The van der Waals surface area contributed by atoms with Gasteiger partial charge in [-0.2, -0.15) is 0 Å². The number of aryl methyl sites for hydroxylation is 1. The monoisotopic (exact) mass is 418 g/mol. The molecule has 0 atom stereocenters. The zero-order valence-corrected chi connectivity index (χ0v) is 17.2. The van der Waals surface area contributed by atoms with Crippen LogP contribution in [0.2, 0.25) is 5.02 Å². The van der Waals surface area contributed by atoms with Crippen molar-refractivity contribution in [3.8, 4) is 0 Å². The standard InChI is InChI=1S/C19H19ClN4OS2/c1-12-4-7-16(15(20)9-12)21-18(25)11-27-19-23-22-17(24(19)13-5-6-13)10-14-3-2-8-26-14/h2-4,7-9,13H,5-6,10-11H2,1H3,(H,21,25). The summed E-state index contributed by atoms with van der Waals surface area (Å²) in [6.07, 6.45) is 3.08. The molecule has 2 aromatic heterocycles. The Hall–Kier alpha value is -1.83. The summed E-state index contributed by atoms with van der Waals surface area (Å²) < 4.78 is 2.20. The Morgan fingerprint density at radius 3 is 2.93 bits per heavy atom. The van der Waals surface area contributed by atoms with Gasteiger partial charge in [0.2, 0.25) is 5.91 Å². The summed E-state index contributed by atoms with van der Waals surface area (Å²) in [5.74, 6) is 1.15. The molecule has 1 aliphatic carbocycles. The van der Waals surface area contributed by atoms with Crippen LogP contribution >= 0.6 is 34.7 Å². The SMILES string of the molecule is Cc1ccc(NC(=O)CSc2nnc(Cc3cccs3)n2C2CC2)c(Cl)c1. The molecule has 140 valence electrons. The van der Waals surface area contributed by atoms with Gasteiger partial charge in [-0.05, 0) is 48.9 Å². The van der Waals surface area contributed by atoms with Crippen molar-refractivity contribution in [3.05, 3.63) is 57.0 Å². The number of hydrogen-bond donors (Lipinski definition) is 1. The Bertz CT molecular complexity index is 951. The molecule has 0 bridgehead atoms. The largest absolute Gasteiger partial charge is 0.324 e. The van der Waals surface area contributed by atoms with E-state index >= 15 is 0 Å². The Labute approximate surface area is 171 Å². The summed E-state index contributed by atoms with van der Waals surface area (Å²) in [5.41, 5.74) is 1.69. The molecule has 0 spiro atoms. The fourth-order valence-electron chi connectivity index (χ4n) is 2.83. The van der Waals surface area contributed by atoms with Crippen LogP contribution in [0.15, 0.2) is 40.9 Å². The minimum atomic E-state index is -0.101. The first-order chi connectivity index (χ1) is 13.1. The van der Waals surface area contributed by atoms with Gasteiger partial charge in [-0.1, -0.05) is 35.5 Å². The van der Waals surface area contributed by atoms with Gasteiger partial charge in [0.25, 0.3) is 0 Å². The van der Waals surface area contributed by atoms with E-state index in [1.807, 2.05) is 31.2 Å². The quantitative estimate of drug-likeness (QED) is 0.551. The van der Waals surface area contributed by atoms with Crippen molar-refractivity contribution in [2.24, 2.45) is 0 Å². The molecule has 1 N–H and O–H groups in total. The first-order valence-corrected chi connectivity index (χ1v) is 11.0. The topological polar surface area (TPSA) is 59.8 Å². The average Bonchev–Trinajstić information content (AvgIpc) is 3.19. The van der Waals surface area contributed by atoms with E-state index in [0.29, 0.717) is 16.8 Å². The zero-order valence-electron chi connectivity index (χ0n) is 14.8. The maximum atomic E-state index is 12.3. The van der Waals surface area contributed by atoms with Crippen LogP contribution in [0.4, 0.5) is 5.69 Å². The van der Waals surface area contributed by atoms with E-state index < -0.39 is 0 Å². The molecule has 3 aromatic rings. The number of anilines is 1. The smallest absolute Gasteiger partial charge is 0.234 e. The van der Waals surface area contributed by atoms with Gasteiger partial charge in [-0.25, -0.2) is 0 Å². The summed E-state index contributed by atoms with van der Waals surface area (Å²) in [4.78, 5) is 13.6. The molecule has 27 heavy (non-hydrogen) atoms. The molecule has 0 unspecified atom stereocenters. The second kappa shape index (κ2) is 8.04. The highest BCUT2D eigenvalue weighted by molar-refractivity contribution is 7.99. The van der Waals surface area contributed by atoms with Crippen LogP contribution in [-0.2, 0) is 11.2 Å². The number of halogens is 1. The van der Waals surface area contributed by atoms with Gasteiger partial charge in [0.05, 0.1) is 16.5 Å². The summed E-state index contributed by atoms with van der Waals surface area (Å²) in [7, 11) is 0. The average molecular weight is 419 g/mol. The Morgan fingerprint density at radius 2 is 2.22 bits per heavy atom. The van der Waals surface area contributed by atoms with E-state index in [1.165, 1.54) is 16.6 Å². The van der Waals surface area contributed by atoms with Crippen LogP contribution in [0.25, 0.3) is 0 Å². The van der Waals surface area contributed by atoms with E-state index in [9.17, 15) is 4.79 Å². The Balaban J connectivity index is 1.42. The van der Waals surface area contributed by atoms with E-state index in [2.05, 4.69) is 31.5 Å². The number of rotatable bonds is 7. The molecule has 8 heteroatoms. The fourth-order valence-corrected chi connectivity index (χ4v) is 4.64. The van der Waals surface area contributed by atoms with Crippen molar-refractivity contribution in [2.75, 3.05) is 11.1 Å². The number of amides is 1. The van der Waals surface area contributed by atoms with Crippen LogP contribution in [-0.4, -0.2) is 26.4 Å². The van der Waals surface area contributed by atoms with Crippen LogP contribution in [0, 0.1) is 6.92 Å². The second-order valence-corrected chi connectivity index (χ2v) is 8.96. The zero-order chi connectivity index (χ0) is 18.8. The van der Waals surface area contributed by atoms with Crippen molar-refractivity contribution in [2.45, 2.75) is 37.4 Å². The van der Waals surface area contributed by atoms with Gasteiger partial charge in [-0.3, -0.25) is 4.79 Å². The van der Waals surface area contributed by atoms with E-state index in [-0.39, 0.29) is 11.7 Å². The van der Waals surface area contributed by atoms with Crippen molar-refractivity contribution in [3.63, 3.8) is 0 Å². The number of nitrogens with zero attached hydrogens (tertiary/aromatic N) is 3. The van der Waals surface area contributed by atoms with Crippen LogP contribution in [0.5, 0.6) is 0 Å². The highest BCUT2D eigenvalue weighted by Gasteiger charge is 2.30. The maximum Gasteiger partial charge on any atom is 0.234 e. The Morgan fingerprint density at radius 1 is 1.37 bits per heavy atom. The van der Waals surface area contributed by atoms with Crippen LogP contribution in [0.1, 0.15) is 35.1 Å². The van der Waals surface area contributed by atoms with Gasteiger partial charge in [0.1, 0.15) is 5.82 Å². The second-order valence-electron chi connectivity index (χ2n) is 6.58. The summed E-state index contributed by atoms with van der Waals surface area (Å²) >= 11 is 9.34. The molecule has 1 aromatic carbocycles. The minimum Gasteiger partial charge on any atom is -0.324 e. The first-order valence-electron chi connectivity index (χ1n) is 8.75. The summed E-state index contributed by atoms with van der Waals surface area (Å²) in [5, 5.41) is 15.0. The number of thioether (sulfide) groups is 1.